The Labute approximate surface area is 97.9 Å². The van der Waals surface area contributed by atoms with Crippen molar-refractivity contribution < 1.29 is 14.7 Å². The Bertz CT molecular complexity index is 139. The summed E-state index contributed by atoms with van der Waals surface area (Å²) in [6.45, 7) is 2.21. The maximum absolute atomic E-state index is 8.75. The molecule has 0 amide bonds. The SMILES string of the molecule is CCCCCCCCSCC[PH](O)(O)O. The van der Waals surface area contributed by atoms with Crippen molar-refractivity contribution in [2.45, 2.75) is 45.4 Å². The van der Waals surface area contributed by atoms with Gasteiger partial charge in [-0.05, 0) is 0 Å². The van der Waals surface area contributed by atoms with Crippen LogP contribution in [0.5, 0.6) is 0 Å². The van der Waals surface area contributed by atoms with Gasteiger partial charge < -0.3 is 0 Å². The number of hydrogen-bond donors (Lipinski definition) is 3. The summed E-state index contributed by atoms with van der Waals surface area (Å²) in [5.74, 6) is 1.72. The zero-order valence-corrected chi connectivity index (χ0v) is 11.4. The van der Waals surface area contributed by atoms with Crippen LogP contribution in [0.3, 0.4) is 0 Å². The molecule has 0 fully saturated rings. The first kappa shape index (κ1) is 15.7. The Morgan fingerprint density at radius 1 is 0.867 bits per heavy atom. The molecule has 0 radical (unpaired) electrons. The van der Waals surface area contributed by atoms with Gasteiger partial charge in [0.2, 0.25) is 0 Å². The molecule has 0 saturated heterocycles. The fourth-order valence-electron chi connectivity index (χ4n) is 1.30. The van der Waals surface area contributed by atoms with E-state index in [1.807, 2.05) is 0 Å². The topological polar surface area (TPSA) is 60.7 Å². The first-order valence-electron chi connectivity index (χ1n) is 5.81. The molecule has 5 heteroatoms. The van der Waals surface area contributed by atoms with Gasteiger partial charge in [-0.2, -0.15) is 0 Å². The van der Waals surface area contributed by atoms with Crippen molar-refractivity contribution in [3.05, 3.63) is 0 Å². The first-order chi connectivity index (χ1) is 7.06. The van der Waals surface area contributed by atoms with Crippen LogP contribution < -0.4 is 0 Å². The molecular formula is C10H25O3PS. The van der Waals surface area contributed by atoms with E-state index in [1.165, 1.54) is 38.5 Å². The molecule has 0 aliphatic carbocycles. The van der Waals surface area contributed by atoms with Crippen molar-refractivity contribution in [1.29, 1.82) is 0 Å². The van der Waals surface area contributed by atoms with Gasteiger partial charge in [0.05, 0.1) is 0 Å². The van der Waals surface area contributed by atoms with Gasteiger partial charge in [-0.15, -0.1) is 0 Å². The van der Waals surface area contributed by atoms with Crippen LogP contribution in [-0.2, 0) is 0 Å². The van der Waals surface area contributed by atoms with Crippen molar-refractivity contribution in [2.24, 2.45) is 0 Å². The van der Waals surface area contributed by atoms with Gasteiger partial charge in [0.25, 0.3) is 0 Å². The second-order valence-corrected chi connectivity index (χ2v) is 7.18. The fourth-order valence-corrected chi connectivity index (χ4v) is 3.58. The van der Waals surface area contributed by atoms with Gasteiger partial charge in [0.1, 0.15) is 0 Å². The summed E-state index contributed by atoms with van der Waals surface area (Å²) in [5.41, 5.74) is 0. The van der Waals surface area contributed by atoms with Gasteiger partial charge >= 0.3 is 97.5 Å². The standard InChI is InChI=1S/C10H25O3PS/c1-2-3-4-5-6-7-9-15-10-8-14(11,12)13/h11-14H,2-10H2,1H3. The zero-order chi connectivity index (χ0) is 11.6. The van der Waals surface area contributed by atoms with Crippen LogP contribution in [0.25, 0.3) is 0 Å². The number of unbranched alkanes of at least 4 members (excludes halogenated alkanes) is 5. The fraction of sp³-hybridized carbons (Fsp3) is 1.00. The molecule has 0 atom stereocenters. The van der Waals surface area contributed by atoms with E-state index in [0.29, 0.717) is 5.75 Å². The van der Waals surface area contributed by atoms with E-state index < -0.39 is 7.94 Å². The third-order valence-electron chi connectivity index (χ3n) is 2.22. The summed E-state index contributed by atoms with van der Waals surface area (Å²) in [6.07, 6.45) is 7.89. The summed E-state index contributed by atoms with van der Waals surface area (Å²) in [4.78, 5) is 26.3. The number of rotatable bonds is 10. The zero-order valence-electron chi connectivity index (χ0n) is 9.61. The molecule has 0 heterocycles. The van der Waals surface area contributed by atoms with Crippen LogP contribution in [0.15, 0.2) is 0 Å². The van der Waals surface area contributed by atoms with Crippen LogP contribution in [0.2, 0.25) is 0 Å². The van der Waals surface area contributed by atoms with Gasteiger partial charge in [-0.25, -0.2) is 0 Å². The molecule has 3 nitrogen and oxygen atoms in total. The van der Waals surface area contributed by atoms with Crippen molar-refractivity contribution in [3.63, 3.8) is 0 Å². The van der Waals surface area contributed by atoms with Crippen molar-refractivity contribution in [2.75, 3.05) is 17.7 Å². The molecule has 15 heavy (non-hydrogen) atoms. The average Bonchev–Trinajstić information content (AvgIpc) is 2.14. The van der Waals surface area contributed by atoms with Crippen LogP contribution in [0, 0.1) is 0 Å². The summed E-state index contributed by atoms with van der Waals surface area (Å²) >= 11 is 1.70. The Hall–Kier alpha value is 0.660. The maximum atomic E-state index is 8.75. The molecule has 0 aromatic rings. The number of hydrogen-bond acceptors (Lipinski definition) is 4. The van der Waals surface area contributed by atoms with E-state index in [-0.39, 0.29) is 6.16 Å². The molecule has 0 saturated carbocycles. The van der Waals surface area contributed by atoms with Gasteiger partial charge in [0.15, 0.2) is 0 Å². The van der Waals surface area contributed by atoms with E-state index in [4.69, 9.17) is 14.7 Å². The number of thioether (sulfide) groups is 1. The van der Waals surface area contributed by atoms with E-state index in [2.05, 4.69) is 6.92 Å². The Kier molecular flexibility index (Phi) is 10.3. The predicted molar refractivity (Wildman–Crippen MR) is 70.5 cm³/mol. The summed E-state index contributed by atoms with van der Waals surface area (Å²) < 4.78 is 0. The van der Waals surface area contributed by atoms with Crippen molar-refractivity contribution >= 4 is 19.7 Å². The minimum absolute atomic E-state index is 0.160. The molecule has 0 rings (SSSR count). The van der Waals surface area contributed by atoms with Crippen LogP contribution in [-0.4, -0.2) is 32.3 Å². The van der Waals surface area contributed by atoms with E-state index >= 15 is 0 Å². The van der Waals surface area contributed by atoms with Crippen molar-refractivity contribution in [3.8, 4) is 0 Å². The summed E-state index contributed by atoms with van der Waals surface area (Å²) in [7, 11) is -3.76. The quantitative estimate of drug-likeness (QED) is 0.415. The summed E-state index contributed by atoms with van der Waals surface area (Å²) in [6, 6.07) is 0. The molecule has 0 aliphatic heterocycles. The molecule has 0 bridgehead atoms. The van der Waals surface area contributed by atoms with Gasteiger partial charge in [-0.3, -0.25) is 0 Å². The molecule has 94 valence electrons. The normalized spacial score (nSPS) is 13.1. The third-order valence-corrected chi connectivity index (χ3v) is 4.58. The minimum atomic E-state index is -3.76. The predicted octanol–water partition coefficient (Wildman–Crippen LogP) is 2.55. The second kappa shape index (κ2) is 9.86. The third kappa shape index (κ3) is 14.7. The average molecular weight is 256 g/mol. The Morgan fingerprint density at radius 3 is 2.07 bits per heavy atom. The Morgan fingerprint density at radius 2 is 1.47 bits per heavy atom. The molecule has 3 N–H and O–H groups in total. The van der Waals surface area contributed by atoms with E-state index in [0.717, 1.165) is 5.75 Å². The molecule has 0 unspecified atom stereocenters. The van der Waals surface area contributed by atoms with E-state index in [1.54, 1.807) is 11.8 Å². The molecule has 0 aromatic heterocycles. The molecular weight excluding hydrogens is 231 g/mol. The van der Waals surface area contributed by atoms with E-state index in [9.17, 15) is 0 Å². The van der Waals surface area contributed by atoms with Gasteiger partial charge in [-0.1, -0.05) is 0 Å². The van der Waals surface area contributed by atoms with Gasteiger partial charge in [0, 0.05) is 0 Å². The van der Waals surface area contributed by atoms with Crippen molar-refractivity contribution in [1.82, 2.24) is 0 Å². The second-order valence-electron chi connectivity index (χ2n) is 3.90. The Balaban J connectivity index is 2.99. The van der Waals surface area contributed by atoms with Crippen LogP contribution >= 0.6 is 19.7 Å². The first-order valence-corrected chi connectivity index (χ1v) is 9.01. The summed E-state index contributed by atoms with van der Waals surface area (Å²) in [5, 5.41) is 0. The molecule has 0 aliphatic rings. The van der Waals surface area contributed by atoms with Crippen LogP contribution in [0.1, 0.15) is 45.4 Å². The molecule has 0 aromatic carbocycles. The van der Waals surface area contributed by atoms with Crippen LogP contribution in [0.4, 0.5) is 0 Å². The molecule has 0 spiro atoms. The monoisotopic (exact) mass is 256 g/mol.